The average molecular weight is 2130 g/mol. The molecule has 6 N–H and O–H groups in total. The molecule has 768 valence electrons. The molecule has 3 fully saturated rings. The van der Waals surface area contributed by atoms with E-state index in [1.165, 1.54) is 35.2 Å². The third-order valence-electron chi connectivity index (χ3n) is 25.9. The third kappa shape index (κ3) is 19.2. The molecule has 3 amide bonds. The van der Waals surface area contributed by atoms with Gasteiger partial charge in [0, 0.05) is 116 Å². The molecule has 3 aromatic carbocycles. The van der Waals surface area contributed by atoms with Crippen molar-refractivity contribution in [3.63, 3.8) is 0 Å². The molecule has 0 bridgehead atoms. The number of aryl methyl sites for hydroxylation is 3. The molecule has 6 atom stereocenters. The van der Waals surface area contributed by atoms with E-state index >= 15 is 8.78 Å². The molecule has 9 aromatic heterocycles. The van der Waals surface area contributed by atoms with E-state index in [4.69, 9.17) is 80.2 Å². The van der Waals surface area contributed by atoms with Crippen molar-refractivity contribution in [1.82, 2.24) is 58.3 Å². The van der Waals surface area contributed by atoms with Gasteiger partial charge < -0.3 is 46.6 Å². The lowest BCUT2D eigenvalue weighted by Gasteiger charge is -2.45. The van der Waals surface area contributed by atoms with Gasteiger partial charge in [0.15, 0.2) is 29.1 Å². The monoisotopic (exact) mass is 2130 g/mol. The fourth-order valence-corrected chi connectivity index (χ4v) is 20.8. The maximum absolute atomic E-state index is 15.7. The van der Waals surface area contributed by atoms with Crippen LogP contribution in [-0.2, 0) is 26.7 Å². The zero-order valence-electron chi connectivity index (χ0n) is 81.5. The number of hydrogen-bond donors (Lipinski definition) is 3. The van der Waals surface area contributed by atoms with E-state index in [1.807, 2.05) is 51.7 Å². The highest BCUT2D eigenvalue weighted by Gasteiger charge is 2.47. The number of aromatic nitrogens is 9. The van der Waals surface area contributed by atoms with Crippen LogP contribution < -0.4 is 48.6 Å². The first-order valence-electron chi connectivity index (χ1n) is 45.4. The minimum atomic E-state index is -5.68. The first-order valence-corrected chi connectivity index (χ1v) is 47.3. The highest BCUT2D eigenvalue weighted by atomic mass is 35.5. The second kappa shape index (κ2) is 41.9. The summed E-state index contributed by atoms with van der Waals surface area (Å²) in [6.07, 6.45) is -3.09. The zero-order chi connectivity index (χ0) is 109. The van der Waals surface area contributed by atoms with Crippen LogP contribution in [0, 0.1) is 102 Å². The summed E-state index contributed by atoms with van der Waals surface area (Å²) >= 11 is 32.7. The predicted molar refractivity (Wildman–Crippen MR) is 540 cm³/mol. The molecule has 12 aromatic rings. The Kier molecular flexibility index (Phi) is 31.3. The van der Waals surface area contributed by atoms with Crippen LogP contribution in [0.5, 0.6) is 0 Å². The molecular formula is C102H93Cl5F13N21O6. The van der Waals surface area contributed by atoms with Gasteiger partial charge in [0.25, 0.3) is 16.7 Å². The third-order valence-corrected chi connectivity index (χ3v) is 27.6. The van der Waals surface area contributed by atoms with Crippen LogP contribution in [0.15, 0.2) is 107 Å². The minimum Gasteiger partial charge on any atom is -0.397 e. The van der Waals surface area contributed by atoms with Crippen LogP contribution in [0.2, 0.25) is 25.1 Å². The summed E-state index contributed by atoms with van der Waals surface area (Å²) in [5, 5.41) is 30.4. The van der Waals surface area contributed by atoms with Crippen LogP contribution in [-0.4, -0.2) is 152 Å². The van der Waals surface area contributed by atoms with Crippen LogP contribution in [0.25, 0.3) is 83.9 Å². The summed E-state index contributed by atoms with van der Waals surface area (Å²) in [4.78, 5) is 119. The number of nitrogens with zero attached hydrogens (tertiary/aromatic N) is 18. The fraction of sp³-hybridized carbons (Fsp3) is 0.324. The number of amides is 3. The number of carbonyl (C=O) groups excluding carboxylic acids is 3. The van der Waals surface area contributed by atoms with Crippen molar-refractivity contribution in [2.75, 3.05) is 71.2 Å². The van der Waals surface area contributed by atoms with Gasteiger partial charge in [-0.2, -0.15) is 42.1 Å². The van der Waals surface area contributed by atoms with Gasteiger partial charge in [-0.15, -0.1) is 0 Å². The Labute approximate surface area is 857 Å². The van der Waals surface area contributed by atoms with Crippen LogP contribution in [0.4, 0.5) is 91.2 Å². The number of halogens is 18. The van der Waals surface area contributed by atoms with Crippen molar-refractivity contribution < 1.29 is 71.5 Å². The number of carbonyl (C=O) groups is 3. The predicted octanol–water partition coefficient (Wildman–Crippen LogP) is 21.4. The lowest BCUT2D eigenvalue weighted by Crippen LogP contribution is -2.58. The number of piperazine rings is 3. The molecule has 3 aliphatic heterocycles. The number of nitrogen functional groups attached to an aromatic ring is 3. The molecule has 0 saturated carbocycles. The average Bonchev–Trinajstić information content (AvgIpc) is 0.723. The summed E-state index contributed by atoms with van der Waals surface area (Å²) < 4.78 is 191. The van der Waals surface area contributed by atoms with E-state index < -0.39 is 149 Å². The molecule has 0 radical (unpaired) electrons. The first-order chi connectivity index (χ1) is 68.9. The van der Waals surface area contributed by atoms with Crippen molar-refractivity contribution in [3.8, 4) is 69.0 Å². The molecule has 15 rings (SSSR count). The van der Waals surface area contributed by atoms with E-state index in [0.717, 1.165) is 26.8 Å². The smallest absolute Gasteiger partial charge is 0.397 e. The highest BCUT2D eigenvalue weighted by Crippen LogP contribution is 2.51. The second-order valence-electron chi connectivity index (χ2n) is 36.8. The number of nitrogens with two attached hydrogens (primary N) is 3. The van der Waals surface area contributed by atoms with Crippen molar-refractivity contribution in [2.45, 2.75) is 177 Å². The number of nitriles is 3. The Morgan fingerprint density at radius 3 is 0.884 bits per heavy atom. The summed E-state index contributed by atoms with van der Waals surface area (Å²) in [5.74, 6) is -16.5. The van der Waals surface area contributed by atoms with Crippen LogP contribution in [0.1, 0.15) is 168 Å². The summed E-state index contributed by atoms with van der Waals surface area (Å²) in [7, 11) is 0. The SMILES string of the molecule is C=CC(=O)N1[C@H](C)CN(c2c(C#N)c(=O)n(-c3c(C)ccnc3C(C)C)c3nc(-c4c(C)c(Cl)c(F)c(Cl)c4N)c(Cl)cc23)C[C@@H]1C.C=CC(=O)N1[C@H](C)CN(c2c(C#N)c(=O)n(-c3c(C)ccnc3C(C)C)c3nc(-c4c(N)c(F)c(F)c(C(F)(F)F)c4F)c(Cl)cc23)C[C@@H]1C.C=CC(=O)N1[C@H](C)CN(c2c(C#N)c(=O)n(-c3c(C)ccnc3C(C)C)c3nc(-c4c(N)c(F)c(F)c(C(F)(F)F)c4F)c(Cl)cc23)C[C@@H]1C. The summed E-state index contributed by atoms with van der Waals surface area (Å²) in [6, 6.07) is 12.5. The van der Waals surface area contributed by atoms with Crippen molar-refractivity contribution in [2.24, 2.45) is 0 Å². The largest absolute Gasteiger partial charge is 0.422 e. The summed E-state index contributed by atoms with van der Waals surface area (Å²) in [6.45, 7) is 40.4. The van der Waals surface area contributed by atoms with E-state index in [0.29, 0.717) is 58.1 Å². The molecule has 147 heavy (non-hydrogen) atoms. The number of alkyl halides is 6. The van der Waals surface area contributed by atoms with E-state index in [2.05, 4.69) is 50.7 Å². The van der Waals surface area contributed by atoms with Crippen molar-refractivity contribution in [1.29, 1.82) is 15.8 Å². The quantitative estimate of drug-likeness (QED) is 0.0282. The number of anilines is 6. The topological polar surface area (TPSA) is 363 Å². The number of benzene rings is 3. The van der Waals surface area contributed by atoms with Gasteiger partial charge >= 0.3 is 12.4 Å². The van der Waals surface area contributed by atoms with Gasteiger partial charge in [-0.05, 0) is 164 Å². The minimum absolute atomic E-state index is 0.0355. The second-order valence-corrected chi connectivity index (χ2v) is 38.7. The molecule has 45 heteroatoms. The Balaban J connectivity index is 0.000000184. The van der Waals surface area contributed by atoms with Gasteiger partial charge in [-0.1, -0.05) is 119 Å². The highest BCUT2D eigenvalue weighted by molar-refractivity contribution is 6.39. The van der Waals surface area contributed by atoms with Gasteiger partial charge in [-0.25, -0.2) is 45.7 Å². The van der Waals surface area contributed by atoms with Gasteiger partial charge in [0.05, 0.1) is 117 Å². The zero-order valence-corrected chi connectivity index (χ0v) is 85.3. The Morgan fingerprint density at radius 2 is 0.653 bits per heavy atom. The van der Waals surface area contributed by atoms with Crippen LogP contribution in [0.3, 0.4) is 0 Å². The van der Waals surface area contributed by atoms with Crippen LogP contribution >= 0.6 is 58.0 Å². The van der Waals surface area contributed by atoms with Gasteiger partial charge in [-0.3, -0.25) is 57.4 Å². The molecular weight excluding hydrogens is 2040 g/mol. The number of fused-ring (bicyclic) bond motifs is 3. The normalized spacial score (nSPS) is 16.6. The maximum Gasteiger partial charge on any atom is 0.422 e. The molecule has 3 aliphatic rings. The Morgan fingerprint density at radius 1 is 0.401 bits per heavy atom. The van der Waals surface area contributed by atoms with Gasteiger partial charge in [0.2, 0.25) is 17.7 Å². The molecule has 0 unspecified atom stereocenters. The lowest BCUT2D eigenvalue weighted by molar-refractivity contribution is -0.143. The standard InChI is InChI=1S/C34H33Cl3FN7O2.2C34H30ClF6N7O2/c1-8-23(46)44-17(5)13-43(14-18(44)6)32-20-11-22(35)30(24-19(7)25(36)27(38)26(37)28(24)40)42-33(20)45(34(47)21(32)12-39)31-16(4)9-10-41-29(31)15(2)3;2*1-7-21(49)47-16(5)12-46(13-17(47)6)31-18-10-20(35)29(22-24(36)23(34(39,40)41)25(37)26(38)27(22)43)45-32(18)48(33(50)19(31)11-42)30-15(4)8-9-44-28(30)14(2)3/h8-11,15,17-18H,1,13-14,40H2,2-7H3;2*7-10,14,16-17H,1,12-13,43H2,2-6H3/t17-,18+;2*16-,17+. The molecule has 12 heterocycles. The number of hydrogen-bond acceptors (Lipinski definition) is 21. The van der Waals surface area contributed by atoms with E-state index in [1.54, 1.807) is 131 Å². The molecule has 0 spiro atoms. The Bertz CT molecular complexity index is 7560. The number of rotatable bonds is 15. The molecule has 0 aliphatic carbocycles. The summed E-state index contributed by atoms with van der Waals surface area (Å²) in [5.41, 5.74) is 6.81. The molecule has 3 saturated heterocycles. The van der Waals surface area contributed by atoms with Crippen molar-refractivity contribution in [3.05, 3.63) is 257 Å². The number of pyridine rings is 9. The Hall–Kier alpha value is -14.4. The van der Waals surface area contributed by atoms with E-state index in [-0.39, 0.29) is 178 Å². The molecule has 27 nitrogen and oxygen atoms in total. The van der Waals surface area contributed by atoms with Crippen molar-refractivity contribution >= 4 is 143 Å². The fourth-order valence-electron chi connectivity index (χ4n) is 19.7. The lowest BCUT2D eigenvalue weighted by atomic mass is 9.99. The van der Waals surface area contributed by atoms with E-state index in [9.17, 15) is 92.8 Å². The van der Waals surface area contributed by atoms with Gasteiger partial charge in [0.1, 0.15) is 79.6 Å². The maximum atomic E-state index is 15.7. The first kappa shape index (κ1) is 110.